The molecule has 0 fully saturated rings. The summed E-state index contributed by atoms with van der Waals surface area (Å²) in [4.78, 5) is 0. The van der Waals surface area contributed by atoms with Gasteiger partial charge >= 0.3 is 19.5 Å². The fraction of sp³-hybridized carbons (Fsp3) is 0.143. The first-order valence-corrected chi connectivity index (χ1v) is 2.92. The van der Waals surface area contributed by atoms with E-state index in [1.807, 2.05) is 0 Å². The average molecular weight is 287 g/mol. The molecule has 56 valence electrons. The van der Waals surface area contributed by atoms with Crippen LogP contribution in [0.4, 0.5) is 0 Å². The molecule has 0 unspecified atom stereocenters. The number of ether oxygens (including phenoxy) is 1. The van der Waals surface area contributed by atoms with Gasteiger partial charge in [0.15, 0.2) is 0 Å². The van der Waals surface area contributed by atoms with E-state index in [2.05, 4.69) is 6.07 Å². The first-order valence-electron chi connectivity index (χ1n) is 2.54. The largest absolute Gasteiger partial charge is 2.00 e. The zero-order valence-corrected chi connectivity index (χ0v) is 11.4. The van der Waals surface area contributed by atoms with Gasteiger partial charge in [-0.15, -0.1) is 23.7 Å². The first-order chi connectivity index (χ1) is 4.33. The van der Waals surface area contributed by atoms with Crippen LogP contribution in [0.25, 0.3) is 0 Å². The zero-order chi connectivity index (χ0) is 6.69. The van der Waals surface area contributed by atoms with Gasteiger partial charge in [-0.2, -0.15) is 12.1 Å². The number of halogens is 2. The maximum atomic E-state index is 5.62. The predicted molar refractivity (Wildman–Crippen MR) is 36.8 cm³/mol. The van der Waals surface area contributed by atoms with Gasteiger partial charge in [-0.05, 0) is 0 Å². The van der Waals surface area contributed by atoms with Crippen LogP contribution in [0.1, 0.15) is 0 Å². The number of rotatable bonds is 1. The summed E-state index contributed by atoms with van der Waals surface area (Å²) in [7, 11) is 1.59. The maximum Gasteiger partial charge on any atom is 2.00 e. The number of methoxy groups -OCH3 is 1. The van der Waals surface area contributed by atoms with E-state index in [9.17, 15) is 0 Å². The van der Waals surface area contributed by atoms with E-state index in [0.717, 1.165) is 0 Å². The summed E-state index contributed by atoms with van der Waals surface area (Å²) in [5, 5.41) is 0.672. The zero-order valence-electron chi connectivity index (χ0n) is 6.10. The van der Waals surface area contributed by atoms with Gasteiger partial charge in [0.05, 0.1) is 7.11 Å². The summed E-state index contributed by atoms with van der Waals surface area (Å²) >= 11 is 5.62. The van der Waals surface area contributed by atoms with Gasteiger partial charge in [0.2, 0.25) is 0 Å². The summed E-state index contributed by atoms with van der Waals surface area (Å²) in [6, 6.07) is 8.04. The maximum absolute atomic E-state index is 5.62. The van der Waals surface area contributed by atoms with E-state index >= 15 is 0 Å². The van der Waals surface area contributed by atoms with Crippen molar-refractivity contribution in [1.82, 2.24) is 0 Å². The summed E-state index contributed by atoms with van der Waals surface area (Å²) in [6.07, 6.45) is 0. The number of hydrogen-bond acceptors (Lipinski definition) is 1. The Morgan fingerprint density at radius 1 is 1.55 bits per heavy atom. The molecule has 0 spiro atoms. The standard InChI is InChI=1S/C7H6ClO.BrH.Zn/c1-9-7-4-2-3-6(8)5-7;;/h2-3,5H,1H3;1H;/q-1;;+2/p-1. The van der Waals surface area contributed by atoms with E-state index in [0.29, 0.717) is 10.8 Å². The van der Waals surface area contributed by atoms with E-state index in [1.54, 1.807) is 25.3 Å². The number of benzene rings is 1. The van der Waals surface area contributed by atoms with Gasteiger partial charge in [-0.25, -0.2) is 0 Å². The molecular formula is C7H6BrClOZn. The van der Waals surface area contributed by atoms with Gasteiger partial charge in [-0.3, -0.25) is 0 Å². The molecule has 1 aromatic carbocycles. The summed E-state index contributed by atoms with van der Waals surface area (Å²) in [6.45, 7) is 0. The van der Waals surface area contributed by atoms with Gasteiger partial charge < -0.3 is 21.7 Å². The topological polar surface area (TPSA) is 9.23 Å². The summed E-state index contributed by atoms with van der Waals surface area (Å²) in [5.74, 6) is 0.669. The third-order valence-electron chi connectivity index (χ3n) is 0.957. The molecule has 11 heavy (non-hydrogen) atoms. The molecule has 0 heterocycles. The van der Waals surface area contributed by atoms with Crippen molar-refractivity contribution in [3.8, 4) is 5.75 Å². The Bertz CT molecular complexity index is 207. The predicted octanol–water partition coefficient (Wildman–Crippen LogP) is -0.850. The second-order valence-corrected chi connectivity index (χ2v) is 2.01. The quantitative estimate of drug-likeness (QED) is 0.483. The van der Waals surface area contributed by atoms with E-state index in [1.165, 1.54) is 0 Å². The van der Waals surface area contributed by atoms with Gasteiger partial charge in [0, 0.05) is 5.75 Å². The van der Waals surface area contributed by atoms with Crippen LogP contribution in [0.5, 0.6) is 5.75 Å². The minimum atomic E-state index is 0. The van der Waals surface area contributed by atoms with Crippen molar-refractivity contribution in [1.29, 1.82) is 0 Å². The second-order valence-electron chi connectivity index (χ2n) is 1.58. The minimum absolute atomic E-state index is 0. The van der Waals surface area contributed by atoms with Crippen LogP contribution in [0.2, 0.25) is 5.02 Å². The van der Waals surface area contributed by atoms with E-state index < -0.39 is 0 Å². The molecule has 0 N–H and O–H groups in total. The molecule has 0 radical (unpaired) electrons. The van der Waals surface area contributed by atoms with Gasteiger partial charge in [0.1, 0.15) is 0 Å². The Morgan fingerprint density at radius 2 is 2.18 bits per heavy atom. The molecule has 1 rings (SSSR count). The van der Waals surface area contributed by atoms with Crippen molar-refractivity contribution < 1.29 is 41.2 Å². The fourth-order valence-corrected chi connectivity index (χ4v) is 0.698. The van der Waals surface area contributed by atoms with Crippen molar-refractivity contribution in [2.75, 3.05) is 7.11 Å². The Kier molecular flexibility index (Phi) is 8.99. The molecule has 1 aromatic rings. The Hall–Kier alpha value is 0.413. The molecule has 4 heteroatoms. The van der Waals surface area contributed by atoms with E-state index in [-0.39, 0.29) is 36.5 Å². The van der Waals surface area contributed by atoms with Crippen LogP contribution < -0.4 is 21.7 Å². The van der Waals surface area contributed by atoms with Gasteiger partial charge in [-0.1, -0.05) is 5.02 Å². The van der Waals surface area contributed by atoms with Crippen LogP contribution in [0, 0.1) is 6.07 Å². The molecule has 0 bridgehead atoms. The van der Waals surface area contributed by atoms with Crippen LogP contribution in [-0.2, 0) is 19.5 Å². The Balaban J connectivity index is 0. The molecule has 0 aliphatic heterocycles. The van der Waals surface area contributed by atoms with Crippen LogP contribution in [0.3, 0.4) is 0 Å². The van der Waals surface area contributed by atoms with Crippen molar-refractivity contribution in [2.45, 2.75) is 0 Å². The third-order valence-corrected chi connectivity index (χ3v) is 1.19. The van der Waals surface area contributed by atoms with E-state index in [4.69, 9.17) is 16.3 Å². The van der Waals surface area contributed by atoms with Crippen molar-refractivity contribution in [2.24, 2.45) is 0 Å². The number of hydrogen-bond donors (Lipinski definition) is 0. The van der Waals surface area contributed by atoms with Crippen LogP contribution in [-0.4, -0.2) is 7.11 Å². The van der Waals surface area contributed by atoms with Gasteiger partial charge in [0.25, 0.3) is 0 Å². The molecule has 1 nitrogen and oxygen atoms in total. The molecule has 0 aromatic heterocycles. The van der Waals surface area contributed by atoms with Crippen LogP contribution in [0.15, 0.2) is 18.2 Å². The average Bonchev–Trinajstić information content (AvgIpc) is 1.88. The SMILES string of the molecule is COc1[c-]ccc(Cl)c1.[Br-].[Zn+2]. The normalized spacial score (nSPS) is 7.45. The van der Waals surface area contributed by atoms with Crippen LogP contribution >= 0.6 is 11.6 Å². The smallest absolute Gasteiger partial charge is 1.00 e. The van der Waals surface area contributed by atoms with Crippen molar-refractivity contribution >= 4 is 11.6 Å². The van der Waals surface area contributed by atoms with Crippen molar-refractivity contribution in [3.05, 3.63) is 29.3 Å². The molecule has 0 saturated carbocycles. The monoisotopic (exact) mass is 284 g/mol. The molecule has 0 aliphatic carbocycles. The fourth-order valence-electron chi connectivity index (χ4n) is 0.536. The summed E-state index contributed by atoms with van der Waals surface area (Å²) < 4.78 is 4.86. The molecule has 0 saturated heterocycles. The molecule has 0 amide bonds. The second kappa shape index (κ2) is 7.08. The van der Waals surface area contributed by atoms with Crippen molar-refractivity contribution in [3.63, 3.8) is 0 Å². The third kappa shape index (κ3) is 4.78. The summed E-state index contributed by atoms with van der Waals surface area (Å²) in [5.41, 5.74) is 0. The Labute approximate surface area is 94.6 Å². The molecule has 0 atom stereocenters. The molecular weight excluding hydrogens is 281 g/mol. The first kappa shape index (κ1) is 14.0. The minimum Gasteiger partial charge on any atom is -1.00 e. The molecule has 0 aliphatic rings. The Morgan fingerprint density at radius 3 is 2.55 bits per heavy atom.